The maximum absolute atomic E-state index is 5.55. The van der Waals surface area contributed by atoms with Gasteiger partial charge in [-0.1, -0.05) is 26.1 Å². The fourth-order valence-electron chi connectivity index (χ4n) is 1.66. The lowest BCUT2D eigenvalue weighted by Gasteiger charge is -2.22. The molecule has 0 spiro atoms. The molecule has 1 heterocycles. The first kappa shape index (κ1) is 14.8. The van der Waals surface area contributed by atoms with E-state index in [1.165, 1.54) is 0 Å². The summed E-state index contributed by atoms with van der Waals surface area (Å²) in [6.07, 6.45) is 0.692. The van der Waals surface area contributed by atoms with Crippen molar-refractivity contribution >= 4 is 23.2 Å². The van der Waals surface area contributed by atoms with E-state index >= 15 is 0 Å². The van der Waals surface area contributed by atoms with E-state index in [-0.39, 0.29) is 0 Å². The van der Waals surface area contributed by atoms with Crippen LogP contribution < -0.4 is 10.6 Å². The van der Waals surface area contributed by atoms with E-state index in [9.17, 15) is 0 Å². The number of anilines is 1. The fraction of sp³-hybridized carbons (Fsp3) is 0.615. The van der Waals surface area contributed by atoms with Crippen LogP contribution in [0.1, 0.15) is 44.5 Å². The summed E-state index contributed by atoms with van der Waals surface area (Å²) in [5.41, 5.74) is 7.62. The third-order valence-corrected chi connectivity index (χ3v) is 2.95. The molecule has 1 rings (SSSR count). The van der Waals surface area contributed by atoms with Crippen LogP contribution in [0, 0.1) is 6.92 Å². The smallest absolute Gasteiger partial charge is 0.225 e. The molecule has 2 N–H and O–H groups in total. The van der Waals surface area contributed by atoms with Gasteiger partial charge in [0.1, 0.15) is 0 Å². The third kappa shape index (κ3) is 4.22. The zero-order valence-corrected chi connectivity index (χ0v) is 12.4. The summed E-state index contributed by atoms with van der Waals surface area (Å²) in [7, 11) is 0. The van der Waals surface area contributed by atoms with Gasteiger partial charge in [0.25, 0.3) is 0 Å². The second-order valence-electron chi connectivity index (χ2n) is 4.68. The topological polar surface area (TPSA) is 55.0 Å². The Hall–Kier alpha value is -1.23. The Bertz CT molecular complexity index is 417. The summed E-state index contributed by atoms with van der Waals surface area (Å²) in [6, 6.07) is 2.04. The molecule has 18 heavy (non-hydrogen) atoms. The fourth-order valence-corrected chi connectivity index (χ4v) is 1.75. The van der Waals surface area contributed by atoms with E-state index in [1.807, 2.05) is 13.0 Å². The molecule has 1 aromatic heterocycles. The molecule has 5 heteroatoms. The molecule has 0 aromatic carbocycles. The van der Waals surface area contributed by atoms with E-state index < -0.39 is 0 Å². The molecule has 0 aliphatic heterocycles. The molecule has 0 atom stereocenters. The van der Waals surface area contributed by atoms with Gasteiger partial charge in [-0.3, -0.25) is 0 Å². The number of rotatable bonds is 6. The van der Waals surface area contributed by atoms with Gasteiger partial charge in [-0.05, 0) is 25.8 Å². The van der Waals surface area contributed by atoms with E-state index in [0.29, 0.717) is 17.3 Å². The average molecular weight is 266 g/mol. The van der Waals surface area contributed by atoms with Gasteiger partial charge in [0.05, 0.1) is 4.99 Å². The monoisotopic (exact) mass is 266 g/mol. The zero-order valence-electron chi connectivity index (χ0n) is 11.6. The van der Waals surface area contributed by atoms with Gasteiger partial charge in [-0.25, -0.2) is 9.97 Å². The first-order valence-electron chi connectivity index (χ1n) is 6.32. The quantitative estimate of drug-likeness (QED) is 0.801. The minimum Gasteiger partial charge on any atom is -0.393 e. The standard InChI is InChI=1S/C13H22N4S/c1-5-17(7-6-12(14)18)13-15-10(4)8-11(16-13)9(2)3/h8-9H,5-7H2,1-4H3,(H2,14,18). The van der Waals surface area contributed by atoms with Crippen molar-refractivity contribution in [1.29, 1.82) is 0 Å². The molecule has 0 radical (unpaired) electrons. The number of nitrogens with two attached hydrogens (primary N) is 1. The van der Waals surface area contributed by atoms with Crippen LogP contribution in [0.25, 0.3) is 0 Å². The number of aromatic nitrogens is 2. The Balaban J connectivity index is 2.94. The lowest BCUT2D eigenvalue weighted by Crippen LogP contribution is -2.29. The minimum atomic E-state index is 0.403. The summed E-state index contributed by atoms with van der Waals surface area (Å²) in [5, 5.41) is 0. The van der Waals surface area contributed by atoms with Crippen LogP contribution in [0.2, 0.25) is 0 Å². The molecule has 1 aromatic rings. The van der Waals surface area contributed by atoms with Crippen LogP contribution in [-0.4, -0.2) is 28.0 Å². The third-order valence-electron chi connectivity index (χ3n) is 2.75. The highest BCUT2D eigenvalue weighted by Gasteiger charge is 2.11. The summed E-state index contributed by atoms with van der Waals surface area (Å²) >= 11 is 4.92. The highest BCUT2D eigenvalue weighted by Crippen LogP contribution is 2.17. The Morgan fingerprint density at radius 1 is 1.44 bits per heavy atom. The molecular formula is C13H22N4S. The largest absolute Gasteiger partial charge is 0.393 e. The van der Waals surface area contributed by atoms with E-state index in [1.54, 1.807) is 0 Å². The Labute approximate surface area is 115 Å². The highest BCUT2D eigenvalue weighted by atomic mass is 32.1. The molecule has 0 saturated carbocycles. The maximum Gasteiger partial charge on any atom is 0.225 e. The van der Waals surface area contributed by atoms with Gasteiger partial charge < -0.3 is 10.6 Å². The minimum absolute atomic E-state index is 0.403. The van der Waals surface area contributed by atoms with Gasteiger partial charge in [-0.2, -0.15) is 0 Å². The SMILES string of the molecule is CCN(CCC(N)=S)c1nc(C)cc(C(C)C)n1. The predicted molar refractivity (Wildman–Crippen MR) is 80.1 cm³/mol. The Morgan fingerprint density at radius 3 is 2.61 bits per heavy atom. The molecule has 0 unspecified atom stereocenters. The number of nitrogens with zero attached hydrogens (tertiary/aromatic N) is 3. The van der Waals surface area contributed by atoms with Crippen molar-refractivity contribution in [3.05, 3.63) is 17.5 Å². The number of hydrogen-bond acceptors (Lipinski definition) is 4. The van der Waals surface area contributed by atoms with Crippen molar-refractivity contribution in [3.63, 3.8) is 0 Å². The summed E-state index contributed by atoms with van der Waals surface area (Å²) in [6.45, 7) is 9.98. The van der Waals surface area contributed by atoms with Crippen LogP contribution >= 0.6 is 12.2 Å². The lowest BCUT2D eigenvalue weighted by atomic mass is 10.1. The molecule has 0 bridgehead atoms. The van der Waals surface area contributed by atoms with Crippen molar-refractivity contribution in [3.8, 4) is 0 Å². The maximum atomic E-state index is 5.55. The molecular weight excluding hydrogens is 244 g/mol. The summed E-state index contributed by atoms with van der Waals surface area (Å²) in [4.78, 5) is 11.8. The van der Waals surface area contributed by atoms with Crippen molar-refractivity contribution in [2.75, 3.05) is 18.0 Å². The summed E-state index contributed by atoms with van der Waals surface area (Å²) < 4.78 is 0. The van der Waals surface area contributed by atoms with Crippen LogP contribution in [0.3, 0.4) is 0 Å². The Morgan fingerprint density at radius 2 is 2.11 bits per heavy atom. The molecule has 100 valence electrons. The van der Waals surface area contributed by atoms with Crippen LogP contribution in [0.15, 0.2) is 6.07 Å². The van der Waals surface area contributed by atoms with Gasteiger partial charge in [0.2, 0.25) is 5.95 Å². The lowest BCUT2D eigenvalue weighted by molar-refractivity contribution is 0.758. The predicted octanol–water partition coefficient (Wildman–Crippen LogP) is 2.41. The van der Waals surface area contributed by atoms with Crippen molar-refractivity contribution in [2.45, 2.75) is 40.0 Å². The van der Waals surface area contributed by atoms with Crippen molar-refractivity contribution in [2.24, 2.45) is 5.73 Å². The van der Waals surface area contributed by atoms with Crippen molar-refractivity contribution < 1.29 is 0 Å². The second-order valence-corrected chi connectivity index (χ2v) is 5.21. The van der Waals surface area contributed by atoms with Gasteiger partial charge in [0.15, 0.2) is 0 Å². The van der Waals surface area contributed by atoms with E-state index in [2.05, 4.69) is 35.6 Å². The van der Waals surface area contributed by atoms with Gasteiger partial charge in [-0.15, -0.1) is 0 Å². The summed E-state index contributed by atoms with van der Waals surface area (Å²) in [5.74, 6) is 1.18. The van der Waals surface area contributed by atoms with Crippen LogP contribution in [-0.2, 0) is 0 Å². The first-order valence-corrected chi connectivity index (χ1v) is 6.73. The highest BCUT2D eigenvalue weighted by molar-refractivity contribution is 7.80. The van der Waals surface area contributed by atoms with Gasteiger partial charge >= 0.3 is 0 Å². The number of aryl methyl sites for hydroxylation is 1. The molecule has 4 nitrogen and oxygen atoms in total. The molecule has 0 aliphatic carbocycles. The molecule has 0 aliphatic rings. The average Bonchev–Trinajstić information content (AvgIpc) is 2.28. The first-order chi connectivity index (χ1) is 8.43. The van der Waals surface area contributed by atoms with Crippen LogP contribution in [0.4, 0.5) is 5.95 Å². The second kappa shape index (κ2) is 6.64. The molecule has 0 fully saturated rings. The van der Waals surface area contributed by atoms with E-state index in [4.69, 9.17) is 18.0 Å². The molecule has 0 saturated heterocycles. The zero-order chi connectivity index (χ0) is 13.7. The van der Waals surface area contributed by atoms with E-state index in [0.717, 1.165) is 30.4 Å². The normalized spacial score (nSPS) is 10.7. The number of thiocarbonyl (C=S) groups is 1. The van der Waals surface area contributed by atoms with Crippen LogP contribution in [0.5, 0.6) is 0 Å². The van der Waals surface area contributed by atoms with Crippen molar-refractivity contribution in [1.82, 2.24) is 9.97 Å². The van der Waals surface area contributed by atoms with Gasteiger partial charge in [0, 0.05) is 30.9 Å². The molecule has 0 amide bonds. The number of hydrogen-bond donors (Lipinski definition) is 1. The Kier molecular flexibility index (Phi) is 5.47.